The third-order valence-electron chi connectivity index (χ3n) is 2.75. The fourth-order valence-corrected chi connectivity index (χ4v) is 1.76. The van der Waals surface area contributed by atoms with Gasteiger partial charge in [0.25, 0.3) is 0 Å². The lowest BCUT2D eigenvalue weighted by Gasteiger charge is -2.05. The van der Waals surface area contributed by atoms with E-state index < -0.39 is 5.97 Å². The second-order valence-corrected chi connectivity index (χ2v) is 4.24. The molecule has 0 spiro atoms. The van der Waals surface area contributed by atoms with Crippen LogP contribution in [0.25, 0.3) is 0 Å². The van der Waals surface area contributed by atoms with E-state index in [9.17, 15) is 9.18 Å². The van der Waals surface area contributed by atoms with Crippen molar-refractivity contribution in [1.29, 1.82) is 0 Å². The average molecular weight is 259 g/mol. The first-order valence-corrected chi connectivity index (χ1v) is 5.92. The monoisotopic (exact) mass is 259 g/mol. The zero-order valence-electron chi connectivity index (χ0n) is 10.3. The lowest BCUT2D eigenvalue weighted by atomic mass is 10.1. The standard InChI is InChI=1S/C15H14FNO2/c16-14-3-1-2-12(8-14)10-17-9-11-4-6-13(7-5-11)15(18)19/h1-8,17H,9-10H2,(H,18,19). The van der Waals surface area contributed by atoms with Crippen molar-refractivity contribution in [2.24, 2.45) is 0 Å². The second-order valence-electron chi connectivity index (χ2n) is 4.24. The summed E-state index contributed by atoms with van der Waals surface area (Å²) < 4.78 is 13.0. The topological polar surface area (TPSA) is 49.3 Å². The smallest absolute Gasteiger partial charge is 0.335 e. The molecular weight excluding hydrogens is 245 g/mol. The lowest BCUT2D eigenvalue weighted by Crippen LogP contribution is -2.12. The molecule has 98 valence electrons. The van der Waals surface area contributed by atoms with Gasteiger partial charge in [-0.2, -0.15) is 0 Å². The van der Waals surface area contributed by atoms with Crippen LogP contribution in [0.4, 0.5) is 4.39 Å². The molecule has 2 rings (SSSR count). The number of benzene rings is 2. The van der Waals surface area contributed by atoms with Crippen molar-refractivity contribution in [2.75, 3.05) is 0 Å². The molecule has 0 saturated carbocycles. The first kappa shape index (κ1) is 13.2. The number of nitrogens with one attached hydrogen (secondary N) is 1. The maximum absolute atomic E-state index is 13.0. The molecule has 3 nitrogen and oxygen atoms in total. The Balaban J connectivity index is 1.87. The maximum atomic E-state index is 13.0. The summed E-state index contributed by atoms with van der Waals surface area (Å²) in [6, 6.07) is 13.1. The molecule has 0 bridgehead atoms. The fraction of sp³-hybridized carbons (Fsp3) is 0.133. The quantitative estimate of drug-likeness (QED) is 0.868. The molecule has 0 fully saturated rings. The highest BCUT2D eigenvalue weighted by Crippen LogP contribution is 2.06. The Hall–Kier alpha value is -2.20. The SMILES string of the molecule is O=C(O)c1ccc(CNCc2cccc(F)c2)cc1. The van der Waals surface area contributed by atoms with E-state index in [4.69, 9.17) is 5.11 Å². The first-order chi connectivity index (χ1) is 9.15. The Morgan fingerprint density at radius 3 is 2.37 bits per heavy atom. The normalized spacial score (nSPS) is 10.4. The number of aromatic carboxylic acids is 1. The molecule has 4 heteroatoms. The van der Waals surface area contributed by atoms with Gasteiger partial charge in [0.15, 0.2) is 0 Å². The van der Waals surface area contributed by atoms with Crippen molar-refractivity contribution in [3.05, 3.63) is 71.0 Å². The van der Waals surface area contributed by atoms with E-state index in [1.54, 1.807) is 30.3 Å². The number of carboxylic acids is 1. The molecule has 0 aliphatic rings. The third-order valence-corrected chi connectivity index (χ3v) is 2.75. The molecule has 0 unspecified atom stereocenters. The number of rotatable bonds is 5. The maximum Gasteiger partial charge on any atom is 0.335 e. The molecule has 0 aliphatic heterocycles. The summed E-state index contributed by atoms with van der Waals surface area (Å²) in [5, 5.41) is 12.0. The van der Waals surface area contributed by atoms with Crippen molar-refractivity contribution < 1.29 is 14.3 Å². The van der Waals surface area contributed by atoms with Crippen molar-refractivity contribution in [3.63, 3.8) is 0 Å². The van der Waals surface area contributed by atoms with Gasteiger partial charge in [-0.25, -0.2) is 9.18 Å². The summed E-state index contributed by atoms with van der Waals surface area (Å²) in [4.78, 5) is 10.7. The van der Waals surface area contributed by atoms with Gasteiger partial charge in [-0.05, 0) is 35.4 Å². The van der Waals surface area contributed by atoms with Gasteiger partial charge < -0.3 is 10.4 Å². The van der Waals surface area contributed by atoms with Gasteiger partial charge in [0.1, 0.15) is 5.82 Å². The van der Waals surface area contributed by atoms with E-state index in [0.29, 0.717) is 13.1 Å². The van der Waals surface area contributed by atoms with Crippen LogP contribution >= 0.6 is 0 Å². The van der Waals surface area contributed by atoms with Crippen molar-refractivity contribution in [1.82, 2.24) is 5.32 Å². The van der Waals surface area contributed by atoms with Crippen molar-refractivity contribution >= 4 is 5.97 Å². The van der Waals surface area contributed by atoms with E-state index in [2.05, 4.69) is 5.32 Å². The van der Waals surface area contributed by atoms with Gasteiger partial charge in [0, 0.05) is 13.1 Å². The van der Waals surface area contributed by atoms with E-state index in [1.807, 2.05) is 6.07 Å². The molecule has 2 N–H and O–H groups in total. The number of halogens is 1. The largest absolute Gasteiger partial charge is 0.478 e. The number of carbonyl (C=O) groups is 1. The summed E-state index contributed by atoms with van der Waals surface area (Å²) in [5.74, 6) is -1.18. The predicted molar refractivity (Wildman–Crippen MR) is 70.3 cm³/mol. The van der Waals surface area contributed by atoms with Gasteiger partial charge >= 0.3 is 5.97 Å². The number of hydrogen-bond acceptors (Lipinski definition) is 2. The summed E-state index contributed by atoms with van der Waals surface area (Å²) in [5.41, 5.74) is 2.14. The van der Waals surface area contributed by atoms with E-state index >= 15 is 0 Å². The molecule has 2 aromatic rings. The molecule has 0 amide bonds. The Kier molecular flexibility index (Phi) is 4.26. The van der Waals surface area contributed by atoms with Crippen LogP contribution in [-0.2, 0) is 13.1 Å². The zero-order valence-corrected chi connectivity index (χ0v) is 10.3. The molecule has 0 saturated heterocycles. The van der Waals surface area contributed by atoms with Crippen LogP contribution in [0.2, 0.25) is 0 Å². The molecule has 0 aliphatic carbocycles. The van der Waals surface area contributed by atoms with Crippen LogP contribution in [0.3, 0.4) is 0 Å². The first-order valence-electron chi connectivity index (χ1n) is 5.92. The van der Waals surface area contributed by atoms with Crippen molar-refractivity contribution in [2.45, 2.75) is 13.1 Å². The average Bonchev–Trinajstić information content (AvgIpc) is 2.39. The Labute approximate surface area is 110 Å². The minimum absolute atomic E-state index is 0.245. The molecule has 0 radical (unpaired) electrons. The van der Waals surface area contributed by atoms with E-state index in [-0.39, 0.29) is 11.4 Å². The number of carboxylic acid groups (broad SMARTS) is 1. The summed E-state index contributed by atoms with van der Waals surface area (Å²) in [6.45, 7) is 1.18. The highest BCUT2D eigenvalue weighted by molar-refractivity contribution is 5.87. The van der Waals surface area contributed by atoms with Crippen LogP contribution < -0.4 is 5.32 Å². The third kappa shape index (κ3) is 3.89. The fourth-order valence-electron chi connectivity index (χ4n) is 1.76. The van der Waals surface area contributed by atoms with Crippen LogP contribution in [0.15, 0.2) is 48.5 Å². The molecule has 2 aromatic carbocycles. The van der Waals surface area contributed by atoms with Gasteiger partial charge in [-0.3, -0.25) is 0 Å². The van der Waals surface area contributed by atoms with Gasteiger partial charge in [0.2, 0.25) is 0 Å². The summed E-state index contributed by atoms with van der Waals surface area (Å²) >= 11 is 0. The molecule has 19 heavy (non-hydrogen) atoms. The Morgan fingerprint density at radius 2 is 1.74 bits per heavy atom. The Morgan fingerprint density at radius 1 is 1.05 bits per heavy atom. The van der Waals surface area contributed by atoms with Crippen LogP contribution in [0, 0.1) is 5.82 Å². The van der Waals surface area contributed by atoms with E-state index in [0.717, 1.165) is 11.1 Å². The Bertz CT molecular complexity index is 567. The minimum Gasteiger partial charge on any atom is -0.478 e. The van der Waals surface area contributed by atoms with Crippen molar-refractivity contribution in [3.8, 4) is 0 Å². The van der Waals surface area contributed by atoms with Crippen LogP contribution in [-0.4, -0.2) is 11.1 Å². The molecule has 0 heterocycles. The van der Waals surface area contributed by atoms with Gasteiger partial charge in [0.05, 0.1) is 5.56 Å². The molecular formula is C15H14FNO2. The predicted octanol–water partition coefficient (Wildman–Crippen LogP) is 2.81. The van der Waals surface area contributed by atoms with E-state index in [1.165, 1.54) is 12.1 Å². The highest BCUT2D eigenvalue weighted by Gasteiger charge is 2.01. The van der Waals surface area contributed by atoms with Crippen LogP contribution in [0.1, 0.15) is 21.5 Å². The minimum atomic E-state index is -0.931. The molecule has 0 atom stereocenters. The summed E-state index contributed by atoms with van der Waals surface area (Å²) in [6.07, 6.45) is 0. The number of hydrogen-bond donors (Lipinski definition) is 2. The summed E-state index contributed by atoms with van der Waals surface area (Å²) in [7, 11) is 0. The second kappa shape index (κ2) is 6.11. The van der Waals surface area contributed by atoms with Crippen LogP contribution in [0.5, 0.6) is 0 Å². The van der Waals surface area contributed by atoms with Gasteiger partial charge in [-0.1, -0.05) is 24.3 Å². The molecule has 0 aromatic heterocycles. The van der Waals surface area contributed by atoms with Gasteiger partial charge in [-0.15, -0.1) is 0 Å². The zero-order chi connectivity index (χ0) is 13.7. The highest BCUT2D eigenvalue weighted by atomic mass is 19.1. The lowest BCUT2D eigenvalue weighted by molar-refractivity contribution is 0.0697.